The van der Waals surface area contributed by atoms with E-state index < -0.39 is 0 Å². The number of thiazole rings is 1. The minimum absolute atomic E-state index is 0.110. The molecule has 1 unspecified atom stereocenters. The van der Waals surface area contributed by atoms with Crippen molar-refractivity contribution in [1.29, 1.82) is 0 Å². The topological polar surface area (TPSA) is 107 Å². The standard InChI is InChI=1S/C17H11N5O3S/c23-14-10(8-19-13(20-14)17-18-5-6-26-17)15-21-22-16(25-15)12-7-9-3-1-2-4-11(9)24-12/h1-6,8,12H,7H2,(H,19,20,23). The van der Waals surface area contributed by atoms with Crippen LogP contribution in [-0.2, 0) is 6.42 Å². The number of aromatic amines is 1. The van der Waals surface area contributed by atoms with Gasteiger partial charge >= 0.3 is 0 Å². The number of benzene rings is 1. The van der Waals surface area contributed by atoms with Crippen molar-refractivity contribution in [2.45, 2.75) is 12.5 Å². The lowest BCUT2D eigenvalue weighted by Crippen LogP contribution is -2.11. The monoisotopic (exact) mass is 365 g/mol. The minimum Gasteiger partial charge on any atom is -0.480 e. The molecule has 1 atom stereocenters. The fourth-order valence-electron chi connectivity index (χ4n) is 2.79. The van der Waals surface area contributed by atoms with Crippen molar-refractivity contribution >= 4 is 11.3 Å². The van der Waals surface area contributed by atoms with Gasteiger partial charge in [0.05, 0.1) is 0 Å². The lowest BCUT2D eigenvalue weighted by molar-refractivity contribution is 0.198. The number of hydrogen-bond donors (Lipinski definition) is 1. The van der Waals surface area contributed by atoms with Gasteiger partial charge in [0, 0.05) is 24.2 Å². The summed E-state index contributed by atoms with van der Waals surface area (Å²) >= 11 is 1.39. The molecule has 1 aliphatic heterocycles. The number of hydrogen-bond acceptors (Lipinski definition) is 8. The van der Waals surface area contributed by atoms with Crippen LogP contribution in [0.3, 0.4) is 0 Å². The molecule has 26 heavy (non-hydrogen) atoms. The molecular weight excluding hydrogens is 354 g/mol. The maximum atomic E-state index is 12.4. The molecule has 0 bridgehead atoms. The van der Waals surface area contributed by atoms with Crippen LogP contribution < -0.4 is 10.3 Å². The van der Waals surface area contributed by atoms with E-state index in [-0.39, 0.29) is 23.1 Å². The van der Waals surface area contributed by atoms with E-state index in [0.717, 1.165) is 11.3 Å². The summed E-state index contributed by atoms with van der Waals surface area (Å²) in [5, 5.41) is 10.5. The van der Waals surface area contributed by atoms with E-state index in [2.05, 4.69) is 25.1 Å². The Morgan fingerprint density at radius 1 is 1.19 bits per heavy atom. The molecule has 0 radical (unpaired) electrons. The second-order valence-corrected chi connectivity index (χ2v) is 6.57. The molecule has 3 aromatic heterocycles. The molecular formula is C17H11N5O3S. The molecule has 4 aromatic rings. The first-order valence-corrected chi connectivity index (χ1v) is 8.73. The highest BCUT2D eigenvalue weighted by atomic mass is 32.1. The van der Waals surface area contributed by atoms with Crippen LogP contribution in [0.1, 0.15) is 17.6 Å². The third-order valence-electron chi connectivity index (χ3n) is 4.03. The number of aromatic nitrogens is 5. The number of H-pyrrole nitrogens is 1. The van der Waals surface area contributed by atoms with Gasteiger partial charge < -0.3 is 14.1 Å². The molecule has 5 rings (SSSR count). The predicted molar refractivity (Wildman–Crippen MR) is 92.8 cm³/mol. The number of nitrogens with one attached hydrogen (secondary N) is 1. The van der Waals surface area contributed by atoms with Crippen LogP contribution in [-0.4, -0.2) is 25.1 Å². The number of nitrogens with zero attached hydrogens (tertiary/aromatic N) is 4. The van der Waals surface area contributed by atoms with Crippen molar-refractivity contribution in [3.8, 4) is 28.0 Å². The van der Waals surface area contributed by atoms with Crippen LogP contribution in [0.25, 0.3) is 22.3 Å². The average molecular weight is 365 g/mol. The summed E-state index contributed by atoms with van der Waals surface area (Å²) in [7, 11) is 0. The molecule has 0 saturated heterocycles. The molecule has 0 aliphatic carbocycles. The molecule has 0 fully saturated rings. The van der Waals surface area contributed by atoms with Gasteiger partial charge in [0.15, 0.2) is 16.9 Å². The molecule has 1 aliphatic rings. The zero-order valence-electron chi connectivity index (χ0n) is 13.2. The maximum absolute atomic E-state index is 12.4. The Morgan fingerprint density at radius 2 is 2.12 bits per heavy atom. The van der Waals surface area contributed by atoms with E-state index in [0.29, 0.717) is 23.1 Å². The first-order valence-electron chi connectivity index (χ1n) is 7.85. The zero-order valence-corrected chi connectivity index (χ0v) is 14.1. The van der Waals surface area contributed by atoms with E-state index in [1.807, 2.05) is 29.6 Å². The van der Waals surface area contributed by atoms with Gasteiger partial charge in [-0.1, -0.05) is 18.2 Å². The van der Waals surface area contributed by atoms with Gasteiger partial charge in [0.2, 0.25) is 0 Å². The Balaban J connectivity index is 1.43. The van der Waals surface area contributed by atoms with Gasteiger partial charge in [-0.3, -0.25) is 4.79 Å². The van der Waals surface area contributed by atoms with E-state index in [1.165, 1.54) is 17.5 Å². The summed E-state index contributed by atoms with van der Waals surface area (Å²) < 4.78 is 11.5. The van der Waals surface area contributed by atoms with E-state index in [4.69, 9.17) is 9.15 Å². The molecule has 4 heterocycles. The normalized spacial score (nSPS) is 15.6. The highest BCUT2D eigenvalue weighted by Crippen LogP contribution is 2.36. The van der Waals surface area contributed by atoms with Gasteiger partial charge in [-0.05, 0) is 11.6 Å². The fraction of sp³-hybridized carbons (Fsp3) is 0.118. The van der Waals surface area contributed by atoms with Gasteiger partial charge in [-0.15, -0.1) is 21.5 Å². The molecule has 1 aromatic carbocycles. The van der Waals surface area contributed by atoms with Crippen molar-refractivity contribution in [2.24, 2.45) is 0 Å². The van der Waals surface area contributed by atoms with Crippen LogP contribution in [0.2, 0.25) is 0 Å². The summed E-state index contributed by atoms with van der Waals surface area (Å²) in [6.45, 7) is 0. The number of rotatable bonds is 3. The lowest BCUT2D eigenvalue weighted by Gasteiger charge is -2.04. The summed E-state index contributed by atoms with van der Waals surface area (Å²) in [4.78, 5) is 23.4. The Hall–Kier alpha value is -3.33. The third-order valence-corrected chi connectivity index (χ3v) is 4.81. The number of fused-ring (bicyclic) bond motifs is 1. The summed E-state index contributed by atoms with van der Waals surface area (Å²) in [6, 6.07) is 7.77. The van der Waals surface area contributed by atoms with Crippen LogP contribution in [0.15, 0.2) is 51.3 Å². The first kappa shape index (κ1) is 15.0. The fourth-order valence-corrected chi connectivity index (χ4v) is 3.38. The van der Waals surface area contributed by atoms with Crippen LogP contribution >= 0.6 is 11.3 Å². The molecule has 8 nitrogen and oxygen atoms in total. The maximum Gasteiger partial charge on any atom is 0.264 e. The quantitative estimate of drug-likeness (QED) is 0.595. The summed E-state index contributed by atoms with van der Waals surface area (Å²) in [6.07, 6.45) is 3.36. The van der Waals surface area contributed by atoms with E-state index >= 15 is 0 Å². The first-order chi connectivity index (χ1) is 12.8. The Bertz CT molecular complexity index is 1110. The highest BCUT2D eigenvalue weighted by Gasteiger charge is 2.29. The van der Waals surface area contributed by atoms with Gasteiger partial charge in [-0.2, -0.15) is 0 Å². The van der Waals surface area contributed by atoms with Crippen molar-refractivity contribution in [2.75, 3.05) is 0 Å². The summed E-state index contributed by atoms with van der Waals surface area (Å²) in [5.41, 5.74) is 0.931. The predicted octanol–water partition coefficient (Wildman–Crippen LogP) is 2.62. The van der Waals surface area contributed by atoms with Crippen LogP contribution in [0.4, 0.5) is 0 Å². The zero-order chi connectivity index (χ0) is 17.5. The lowest BCUT2D eigenvalue weighted by atomic mass is 10.1. The molecule has 128 valence electrons. The Morgan fingerprint density at radius 3 is 2.92 bits per heavy atom. The van der Waals surface area contributed by atoms with E-state index in [1.54, 1.807) is 6.20 Å². The second kappa shape index (κ2) is 5.88. The molecule has 0 amide bonds. The van der Waals surface area contributed by atoms with Crippen molar-refractivity contribution < 1.29 is 9.15 Å². The molecule has 1 N–H and O–H groups in total. The number of para-hydroxylation sites is 1. The van der Waals surface area contributed by atoms with E-state index in [9.17, 15) is 4.79 Å². The average Bonchev–Trinajstić information content (AvgIpc) is 3.40. The molecule has 9 heteroatoms. The smallest absolute Gasteiger partial charge is 0.264 e. The number of ether oxygens (including phenoxy) is 1. The van der Waals surface area contributed by atoms with Crippen LogP contribution in [0.5, 0.6) is 5.75 Å². The summed E-state index contributed by atoms with van der Waals surface area (Å²) in [5.74, 6) is 1.66. The second-order valence-electron chi connectivity index (χ2n) is 5.68. The van der Waals surface area contributed by atoms with Gasteiger partial charge in [0.25, 0.3) is 17.3 Å². The molecule has 0 spiro atoms. The van der Waals surface area contributed by atoms with Gasteiger partial charge in [0.1, 0.15) is 11.3 Å². The third kappa shape index (κ3) is 2.49. The highest BCUT2D eigenvalue weighted by molar-refractivity contribution is 7.12. The van der Waals surface area contributed by atoms with Crippen molar-refractivity contribution in [3.05, 3.63) is 63.8 Å². The minimum atomic E-state index is -0.365. The SMILES string of the molecule is O=c1[nH]c(-c2nccs2)ncc1-c1nnc(C2Cc3ccccc3O2)o1. The Kier molecular flexibility index (Phi) is 3.39. The largest absolute Gasteiger partial charge is 0.480 e. The van der Waals surface area contributed by atoms with Crippen molar-refractivity contribution in [1.82, 2.24) is 25.1 Å². The Labute approximate surface area is 150 Å². The van der Waals surface area contributed by atoms with Crippen LogP contribution in [0, 0.1) is 0 Å². The van der Waals surface area contributed by atoms with Gasteiger partial charge in [-0.25, -0.2) is 9.97 Å². The molecule has 0 saturated carbocycles. The van der Waals surface area contributed by atoms with Crippen molar-refractivity contribution in [3.63, 3.8) is 0 Å².